The molecule has 1 unspecified atom stereocenters. The molecule has 0 saturated carbocycles. The number of likely N-dealkylation sites (tertiary alicyclic amines) is 1. The highest BCUT2D eigenvalue weighted by atomic mass is 16.6. The molecular formula is C12H14N2O5. The molecule has 0 aromatic heterocycles. The minimum absolute atomic E-state index is 0.167. The van der Waals surface area contributed by atoms with Crippen LogP contribution < -0.4 is 0 Å². The summed E-state index contributed by atoms with van der Waals surface area (Å²) in [6.45, 7) is 2.28. The van der Waals surface area contributed by atoms with Crippen molar-refractivity contribution in [2.75, 3.05) is 13.1 Å². The molecule has 2 N–H and O–H groups in total. The van der Waals surface area contributed by atoms with E-state index < -0.39 is 22.0 Å². The summed E-state index contributed by atoms with van der Waals surface area (Å²) in [5.41, 5.74) is -1.18. The molecule has 7 heteroatoms. The van der Waals surface area contributed by atoms with Crippen molar-refractivity contribution in [3.63, 3.8) is 0 Å². The average molecular weight is 266 g/mol. The van der Waals surface area contributed by atoms with Crippen molar-refractivity contribution in [3.05, 3.63) is 33.9 Å². The highest BCUT2D eigenvalue weighted by Crippen LogP contribution is 2.28. The van der Waals surface area contributed by atoms with Crippen LogP contribution in [0.3, 0.4) is 0 Å². The van der Waals surface area contributed by atoms with E-state index in [0.29, 0.717) is 13.0 Å². The van der Waals surface area contributed by atoms with Crippen LogP contribution in [0.15, 0.2) is 18.2 Å². The van der Waals surface area contributed by atoms with Gasteiger partial charge in [0.05, 0.1) is 10.5 Å². The molecule has 1 fully saturated rings. The molecule has 0 bridgehead atoms. The molecule has 0 radical (unpaired) electrons. The molecule has 7 nitrogen and oxygen atoms in total. The second-order valence-corrected chi connectivity index (χ2v) is 4.93. The van der Waals surface area contributed by atoms with Gasteiger partial charge in [-0.3, -0.25) is 14.9 Å². The van der Waals surface area contributed by atoms with E-state index in [-0.39, 0.29) is 18.0 Å². The number of hydrogen-bond acceptors (Lipinski definition) is 5. The molecule has 1 saturated heterocycles. The number of β-amino-alcohol motifs (C(OH)–C–C–N with tert-alkyl or cyclic N) is 1. The Kier molecular flexibility index (Phi) is 3.15. The Labute approximate surface area is 109 Å². The van der Waals surface area contributed by atoms with Crippen molar-refractivity contribution < 1.29 is 19.9 Å². The second kappa shape index (κ2) is 4.51. The summed E-state index contributed by atoms with van der Waals surface area (Å²) in [7, 11) is 0. The monoisotopic (exact) mass is 266 g/mol. The van der Waals surface area contributed by atoms with Gasteiger partial charge in [-0.05, 0) is 25.5 Å². The highest BCUT2D eigenvalue weighted by Gasteiger charge is 2.34. The minimum atomic E-state index is -0.904. The average Bonchev–Trinajstić information content (AvgIpc) is 2.68. The van der Waals surface area contributed by atoms with E-state index in [1.54, 1.807) is 6.92 Å². The molecule has 1 atom stereocenters. The van der Waals surface area contributed by atoms with Gasteiger partial charge < -0.3 is 15.1 Å². The van der Waals surface area contributed by atoms with Crippen molar-refractivity contribution in [2.24, 2.45) is 0 Å². The number of nitrogens with zero attached hydrogens (tertiary/aromatic N) is 2. The van der Waals surface area contributed by atoms with Crippen LogP contribution in [0.25, 0.3) is 0 Å². The van der Waals surface area contributed by atoms with Crippen LogP contribution in [0.5, 0.6) is 5.75 Å². The van der Waals surface area contributed by atoms with Gasteiger partial charge in [0.2, 0.25) is 0 Å². The maximum atomic E-state index is 12.1. The number of benzene rings is 1. The standard InChI is InChI=1S/C12H14N2O5/c1-12(17)4-5-13(7-12)11(16)8-2-3-9(14(18)19)10(15)6-8/h2-3,6,15,17H,4-5,7H2,1H3. The van der Waals surface area contributed by atoms with E-state index in [2.05, 4.69) is 0 Å². The number of hydrogen-bond donors (Lipinski definition) is 2. The molecule has 1 aliphatic rings. The van der Waals surface area contributed by atoms with Crippen LogP contribution in [-0.4, -0.2) is 44.6 Å². The Morgan fingerprint density at radius 3 is 2.68 bits per heavy atom. The normalized spacial score (nSPS) is 22.5. The number of aromatic hydroxyl groups is 1. The molecule has 0 aliphatic carbocycles. The minimum Gasteiger partial charge on any atom is -0.502 e. The molecule has 1 aromatic carbocycles. The molecule has 1 heterocycles. The smallest absolute Gasteiger partial charge is 0.310 e. The summed E-state index contributed by atoms with van der Waals surface area (Å²) in [4.78, 5) is 23.4. The van der Waals surface area contributed by atoms with Gasteiger partial charge in [-0.2, -0.15) is 0 Å². The van der Waals surface area contributed by atoms with E-state index >= 15 is 0 Å². The van der Waals surface area contributed by atoms with Gasteiger partial charge in [0.15, 0.2) is 5.75 Å². The Balaban J connectivity index is 2.21. The van der Waals surface area contributed by atoms with Crippen LogP contribution >= 0.6 is 0 Å². The number of aliphatic hydroxyl groups is 1. The molecule has 1 aliphatic heterocycles. The molecule has 102 valence electrons. The maximum absolute atomic E-state index is 12.1. The van der Waals surface area contributed by atoms with Crippen molar-refractivity contribution in [2.45, 2.75) is 18.9 Å². The number of carbonyl (C=O) groups is 1. The van der Waals surface area contributed by atoms with E-state index in [0.717, 1.165) is 12.1 Å². The van der Waals surface area contributed by atoms with Crippen molar-refractivity contribution in [3.8, 4) is 5.75 Å². The van der Waals surface area contributed by atoms with Gasteiger partial charge in [0.25, 0.3) is 5.91 Å². The Morgan fingerprint density at radius 1 is 1.53 bits per heavy atom. The maximum Gasteiger partial charge on any atom is 0.310 e. The van der Waals surface area contributed by atoms with Crippen molar-refractivity contribution in [1.29, 1.82) is 0 Å². The van der Waals surface area contributed by atoms with E-state index in [4.69, 9.17) is 0 Å². The third kappa shape index (κ3) is 2.65. The number of rotatable bonds is 2. The topological polar surface area (TPSA) is 104 Å². The predicted molar refractivity (Wildman–Crippen MR) is 65.9 cm³/mol. The van der Waals surface area contributed by atoms with E-state index in [1.807, 2.05) is 0 Å². The van der Waals surface area contributed by atoms with Gasteiger partial charge in [0, 0.05) is 24.7 Å². The van der Waals surface area contributed by atoms with Crippen LogP contribution in [0, 0.1) is 10.1 Å². The molecule has 0 spiro atoms. The molecule has 2 rings (SSSR count). The van der Waals surface area contributed by atoms with E-state index in [9.17, 15) is 25.1 Å². The summed E-state index contributed by atoms with van der Waals surface area (Å²) < 4.78 is 0. The number of nitro groups is 1. The summed E-state index contributed by atoms with van der Waals surface area (Å²) >= 11 is 0. The zero-order chi connectivity index (χ0) is 14.2. The van der Waals surface area contributed by atoms with Crippen LogP contribution in [0.1, 0.15) is 23.7 Å². The fraction of sp³-hybridized carbons (Fsp3) is 0.417. The first-order chi connectivity index (χ1) is 8.80. The van der Waals surface area contributed by atoms with Crippen LogP contribution in [0.4, 0.5) is 5.69 Å². The molecule has 1 aromatic rings. The molecule has 1 amide bonds. The first kappa shape index (κ1) is 13.3. The zero-order valence-electron chi connectivity index (χ0n) is 10.4. The van der Waals surface area contributed by atoms with Gasteiger partial charge in [-0.1, -0.05) is 0 Å². The number of carbonyl (C=O) groups excluding carboxylic acids is 1. The fourth-order valence-electron chi connectivity index (χ4n) is 2.11. The summed E-state index contributed by atoms with van der Waals surface area (Å²) in [5.74, 6) is -0.898. The number of phenols is 1. The van der Waals surface area contributed by atoms with Crippen LogP contribution in [-0.2, 0) is 0 Å². The quantitative estimate of drug-likeness (QED) is 0.611. The highest BCUT2D eigenvalue weighted by molar-refractivity contribution is 5.95. The lowest BCUT2D eigenvalue weighted by molar-refractivity contribution is -0.385. The third-order valence-electron chi connectivity index (χ3n) is 3.16. The van der Waals surface area contributed by atoms with Crippen molar-refractivity contribution in [1.82, 2.24) is 4.90 Å². The zero-order valence-corrected chi connectivity index (χ0v) is 10.4. The Bertz CT molecular complexity index is 541. The Hall–Kier alpha value is -2.15. The second-order valence-electron chi connectivity index (χ2n) is 4.93. The largest absolute Gasteiger partial charge is 0.502 e. The van der Waals surface area contributed by atoms with Gasteiger partial charge in [-0.15, -0.1) is 0 Å². The van der Waals surface area contributed by atoms with Crippen LogP contribution in [0.2, 0.25) is 0 Å². The molecular weight excluding hydrogens is 252 g/mol. The lowest BCUT2D eigenvalue weighted by atomic mass is 10.1. The summed E-state index contributed by atoms with van der Waals surface area (Å²) in [5, 5.41) is 29.9. The van der Waals surface area contributed by atoms with Crippen molar-refractivity contribution >= 4 is 11.6 Å². The van der Waals surface area contributed by atoms with Gasteiger partial charge in [-0.25, -0.2) is 0 Å². The number of phenolic OH excluding ortho intramolecular Hbond substituents is 1. The summed E-state index contributed by atoms with van der Waals surface area (Å²) in [6.07, 6.45) is 0.484. The summed E-state index contributed by atoms with van der Waals surface area (Å²) in [6, 6.07) is 3.47. The Morgan fingerprint density at radius 2 is 2.21 bits per heavy atom. The number of amides is 1. The first-order valence-corrected chi connectivity index (χ1v) is 5.79. The van der Waals surface area contributed by atoms with Gasteiger partial charge in [0.1, 0.15) is 0 Å². The SMILES string of the molecule is CC1(O)CCN(C(=O)c2ccc([N+](=O)[O-])c(O)c2)C1. The number of nitro benzene ring substituents is 1. The first-order valence-electron chi connectivity index (χ1n) is 5.79. The molecule has 19 heavy (non-hydrogen) atoms. The lowest BCUT2D eigenvalue weighted by Crippen LogP contribution is -2.33. The third-order valence-corrected chi connectivity index (χ3v) is 3.16. The lowest BCUT2D eigenvalue weighted by Gasteiger charge is -2.19. The predicted octanol–water partition coefficient (Wildman–Crippen LogP) is 0.897. The fourth-order valence-corrected chi connectivity index (χ4v) is 2.11. The van der Waals surface area contributed by atoms with E-state index in [1.165, 1.54) is 11.0 Å². The van der Waals surface area contributed by atoms with Gasteiger partial charge >= 0.3 is 5.69 Å².